The number of amides is 1. The third-order valence-corrected chi connectivity index (χ3v) is 3.74. The fourth-order valence-electron chi connectivity index (χ4n) is 2.62. The monoisotopic (exact) mass is 226 g/mol. The van der Waals surface area contributed by atoms with Crippen LogP contribution >= 0.6 is 0 Å². The van der Waals surface area contributed by atoms with Gasteiger partial charge in [0.1, 0.15) is 0 Å². The summed E-state index contributed by atoms with van der Waals surface area (Å²) in [5.41, 5.74) is 0. The number of piperidine rings is 1. The van der Waals surface area contributed by atoms with Crippen LogP contribution in [0.15, 0.2) is 0 Å². The molecular weight excluding hydrogens is 204 g/mol. The number of nitrogens with zero attached hydrogens (tertiary/aromatic N) is 1. The summed E-state index contributed by atoms with van der Waals surface area (Å²) in [5, 5.41) is 12.7. The van der Waals surface area contributed by atoms with E-state index < -0.39 is 0 Å². The molecule has 2 N–H and O–H groups in total. The van der Waals surface area contributed by atoms with Crippen LogP contribution in [0.2, 0.25) is 0 Å². The molecule has 0 aliphatic carbocycles. The van der Waals surface area contributed by atoms with Gasteiger partial charge in [-0.15, -0.1) is 0 Å². The van der Waals surface area contributed by atoms with Crippen molar-refractivity contribution in [1.29, 1.82) is 0 Å². The minimum Gasteiger partial charge on any atom is -0.391 e. The molecule has 0 aromatic heterocycles. The van der Waals surface area contributed by atoms with Crippen molar-refractivity contribution in [2.24, 2.45) is 5.92 Å². The van der Waals surface area contributed by atoms with E-state index in [0.29, 0.717) is 13.0 Å². The van der Waals surface area contributed by atoms with Gasteiger partial charge in [-0.05, 0) is 44.7 Å². The lowest BCUT2D eigenvalue weighted by molar-refractivity contribution is -0.130. The van der Waals surface area contributed by atoms with Crippen LogP contribution in [0.25, 0.3) is 0 Å². The number of nitrogens with one attached hydrogen (secondary N) is 1. The fraction of sp³-hybridized carbons (Fsp3) is 0.917. The second-order valence-corrected chi connectivity index (χ2v) is 5.01. The van der Waals surface area contributed by atoms with Crippen LogP contribution in [0.3, 0.4) is 0 Å². The van der Waals surface area contributed by atoms with Crippen LogP contribution < -0.4 is 5.32 Å². The second kappa shape index (κ2) is 5.64. The molecule has 0 saturated carbocycles. The Morgan fingerprint density at radius 3 is 2.69 bits per heavy atom. The number of likely N-dealkylation sites (tertiary alicyclic amines) is 1. The molecule has 4 nitrogen and oxygen atoms in total. The van der Waals surface area contributed by atoms with Gasteiger partial charge in [0, 0.05) is 19.5 Å². The summed E-state index contributed by atoms with van der Waals surface area (Å²) < 4.78 is 0. The first-order valence-electron chi connectivity index (χ1n) is 6.42. The molecular formula is C12H22N2O2. The van der Waals surface area contributed by atoms with Gasteiger partial charge in [-0.25, -0.2) is 0 Å². The molecule has 92 valence electrons. The van der Waals surface area contributed by atoms with E-state index in [9.17, 15) is 9.90 Å². The topological polar surface area (TPSA) is 52.6 Å². The Bertz CT molecular complexity index is 239. The molecule has 4 heteroatoms. The molecule has 2 saturated heterocycles. The van der Waals surface area contributed by atoms with Crippen LogP contribution in [0.5, 0.6) is 0 Å². The predicted octanol–water partition coefficient (Wildman–Crippen LogP) is 0.359. The first-order chi connectivity index (χ1) is 7.75. The lowest BCUT2D eigenvalue weighted by atomic mass is 9.93. The van der Waals surface area contributed by atoms with Gasteiger partial charge in [-0.1, -0.05) is 0 Å². The summed E-state index contributed by atoms with van der Waals surface area (Å²) in [4.78, 5) is 13.6. The van der Waals surface area contributed by atoms with E-state index in [0.717, 1.165) is 38.4 Å². The highest BCUT2D eigenvalue weighted by molar-refractivity contribution is 5.76. The number of hydrogen-bond donors (Lipinski definition) is 2. The summed E-state index contributed by atoms with van der Waals surface area (Å²) in [6, 6.07) is 0. The van der Waals surface area contributed by atoms with Gasteiger partial charge >= 0.3 is 0 Å². The summed E-state index contributed by atoms with van der Waals surface area (Å²) in [6.45, 7) is 3.49. The standard InChI is InChI=1S/C12H22N2O2/c15-11-5-8-14(9-11)12(16)2-1-10-3-6-13-7-4-10/h10-11,13,15H,1-9H2/t11-/m1/s1. The molecule has 2 heterocycles. The zero-order valence-corrected chi connectivity index (χ0v) is 9.82. The first kappa shape index (κ1) is 11.9. The summed E-state index contributed by atoms with van der Waals surface area (Å²) in [5.74, 6) is 0.952. The highest BCUT2D eigenvalue weighted by atomic mass is 16.3. The normalized spacial score (nSPS) is 27.3. The Hall–Kier alpha value is -0.610. The Kier molecular flexibility index (Phi) is 4.18. The summed E-state index contributed by atoms with van der Waals surface area (Å²) in [6.07, 6.45) is 4.55. The quantitative estimate of drug-likeness (QED) is 0.730. The average Bonchev–Trinajstić information content (AvgIpc) is 2.74. The maximum absolute atomic E-state index is 11.8. The van der Waals surface area contributed by atoms with Crippen LogP contribution in [0.4, 0.5) is 0 Å². The maximum atomic E-state index is 11.8. The Morgan fingerprint density at radius 2 is 2.06 bits per heavy atom. The Morgan fingerprint density at radius 1 is 1.31 bits per heavy atom. The molecule has 1 atom stereocenters. The van der Waals surface area contributed by atoms with Gasteiger partial charge in [0.05, 0.1) is 6.10 Å². The second-order valence-electron chi connectivity index (χ2n) is 5.01. The van der Waals surface area contributed by atoms with E-state index in [2.05, 4.69) is 5.32 Å². The summed E-state index contributed by atoms with van der Waals surface area (Å²) >= 11 is 0. The van der Waals surface area contributed by atoms with Crippen molar-refractivity contribution in [1.82, 2.24) is 10.2 Å². The molecule has 0 radical (unpaired) electrons. The largest absolute Gasteiger partial charge is 0.391 e. The lowest BCUT2D eigenvalue weighted by Crippen LogP contribution is -2.31. The van der Waals surface area contributed by atoms with E-state index in [1.807, 2.05) is 4.90 Å². The van der Waals surface area contributed by atoms with Crippen LogP contribution in [-0.4, -0.2) is 48.2 Å². The molecule has 2 aliphatic rings. The molecule has 0 unspecified atom stereocenters. The van der Waals surface area contributed by atoms with Crippen molar-refractivity contribution in [3.8, 4) is 0 Å². The highest BCUT2D eigenvalue weighted by Gasteiger charge is 2.24. The number of aliphatic hydroxyl groups excluding tert-OH is 1. The number of β-amino-alcohol motifs (C(OH)–C–C–N with tert-alkyl or cyclic N) is 1. The molecule has 2 aliphatic heterocycles. The third kappa shape index (κ3) is 3.19. The number of hydrogen-bond acceptors (Lipinski definition) is 3. The van der Waals surface area contributed by atoms with E-state index in [-0.39, 0.29) is 12.0 Å². The van der Waals surface area contributed by atoms with Gasteiger partial charge in [0.15, 0.2) is 0 Å². The van der Waals surface area contributed by atoms with Crippen LogP contribution in [-0.2, 0) is 4.79 Å². The van der Waals surface area contributed by atoms with Gasteiger partial charge in [0.25, 0.3) is 0 Å². The van der Waals surface area contributed by atoms with Crippen LogP contribution in [0, 0.1) is 5.92 Å². The molecule has 0 bridgehead atoms. The number of carbonyl (C=O) groups excluding carboxylic acids is 1. The average molecular weight is 226 g/mol. The van der Waals surface area contributed by atoms with Crippen molar-refractivity contribution in [2.75, 3.05) is 26.2 Å². The maximum Gasteiger partial charge on any atom is 0.222 e. The van der Waals surface area contributed by atoms with Gasteiger partial charge in [0.2, 0.25) is 5.91 Å². The molecule has 0 aromatic rings. The minimum atomic E-state index is -0.289. The van der Waals surface area contributed by atoms with E-state index in [1.165, 1.54) is 12.8 Å². The fourth-order valence-corrected chi connectivity index (χ4v) is 2.62. The van der Waals surface area contributed by atoms with Crippen LogP contribution in [0.1, 0.15) is 32.1 Å². The predicted molar refractivity (Wildman–Crippen MR) is 62.0 cm³/mol. The molecule has 2 fully saturated rings. The van der Waals surface area contributed by atoms with Gasteiger partial charge in [-0.3, -0.25) is 4.79 Å². The Balaban J connectivity index is 1.67. The number of rotatable bonds is 3. The smallest absolute Gasteiger partial charge is 0.222 e. The van der Waals surface area contributed by atoms with Crippen molar-refractivity contribution < 1.29 is 9.90 Å². The van der Waals surface area contributed by atoms with Crippen molar-refractivity contribution in [2.45, 2.75) is 38.2 Å². The van der Waals surface area contributed by atoms with Crippen molar-refractivity contribution in [3.63, 3.8) is 0 Å². The number of carbonyl (C=O) groups is 1. The third-order valence-electron chi connectivity index (χ3n) is 3.74. The lowest BCUT2D eigenvalue weighted by Gasteiger charge is -2.23. The summed E-state index contributed by atoms with van der Waals surface area (Å²) in [7, 11) is 0. The molecule has 2 rings (SSSR count). The SMILES string of the molecule is O=C(CCC1CCNCC1)N1CC[C@@H](O)C1. The van der Waals surface area contributed by atoms with Crippen molar-refractivity contribution in [3.05, 3.63) is 0 Å². The number of aliphatic hydroxyl groups is 1. The molecule has 0 spiro atoms. The molecule has 0 aromatic carbocycles. The molecule has 16 heavy (non-hydrogen) atoms. The highest BCUT2D eigenvalue weighted by Crippen LogP contribution is 2.19. The van der Waals surface area contributed by atoms with Gasteiger partial charge in [-0.2, -0.15) is 0 Å². The van der Waals surface area contributed by atoms with Gasteiger partial charge < -0.3 is 15.3 Å². The first-order valence-corrected chi connectivity index (χ1v) is 6.42. The zero-order chi connectivity index (χ0) is 11.4. The minimum absolute atomic E-state index is 0.232. The van der Waals surface area contributed by atoms with E-state index in [1.54, 1.807) is 0 Å². The Labute approximate surface area is 97.0 Å². The zero-order valence-electron chi connectivity index (χ0n) is 9.82. The van der Waals surface area contributed by atoms with Crippen molar-refractivity contribution >= 4 is 5.91 Å². The van der Waals surface area contributed by atoms with E-state index in [4.69, 9.17) is 0 Å². The molecule has 1 amide bonds. The van der Waals surface area contributed by atoms with E-state index >= 15 is 0 Å².